The molecule has 1 aromatic heterocycles. The van der Waals surface area contributed by atoms with Crippen molar-refractivity contribution in [1.82, 2.24) is 0 Å². The minimum atomic E-state index is 0.506. The molecule has 0 N–H and O–H groups in total. The maximum atomic E-state index is 5.82. The summed E-state index contributed by atoms with van der Waals surface area (Å²) < 4.78 is 6.08. The second-order valence-electron chi connectivity index (χ2n) is 2.35. The molecule has 1 aromatic carbocycles. The summed E-state index contributed by atoms with van der Waals surface area (Å²) in [5.74, 6) is 0. The SMILES string of the molecule is Clc1cc2occ(Br)c2cc1Cl. The van der Waals surface area contributed by atoms with Gasteiger partial charge in [0.15, 0.2) is 0 Å². The first-order chi connectivity index (χ1) is 5.68. The Hall–Kier alpha value is -0.180. The number of furan rings is 1. The fraction of sp³-hybridized carbons (Fsp3) is 0. The lowest BCUT2D eigenvalue weighted by molar-refractivity contribution is 0.614. The van der Waals surface area contributed by atoms with Gasteiger partial charge in [-0.25, -0.2) is 0 Å². The number of hydrogen-bond donors (Lipinski definition) is 0. The van der Waals surface area contributed by atoms with Gasteiger partial charge in [0.05, 0.1) is 14.5 Å². The van der Waals surface area contributed by atoms with Crippen molar-refractivity contribution in [3.63, 3.8) is 0 Å². The molecule has 0 atom stereocenters. The summed E-state index contributed by atoms with van der Waals surface area (Å²) in [6, 6.07) is 3.47. The second-order valence-corrected chi connectivity index (χ2v) is 4.01. The molecule has 1 heterocycles. The van der Waals surface area contributed by atoms with E-state index < -0.39 is 0 Å². The Morgan fingerprint density at radius 3 is 2.58 bits per heavy atom. The summed E-state index contributed by atoms with van der Waals surface area (Å²) >= 11 is 14.9. The van der Waals surface area contributed by atoms with Crippen LogP contribution in [0.4, 0.5) is 0 Å². The first-order valence-electron chi connectivity index (χ1n) is 3.20. The molecule has 0 fully saturated rings. The van der Waals surface area contributed by atoms with Crippen molar-refractivity contribution in [1.29, 1.82) is 0 Å². The molecule has 0 radical (unpaired) electrons. The van der Waals surface area contributed by atoms with Crippen molar-refractivity contribution < 1.29 is 4.42 Å². The number of fused-ring (bicyclic) bond motifs is 1. The fourth-order valence-corrected chi connectivity index (χ4v) is 1.71. The standard InChI is InChI=1S/C8H3BrCl2O/c9-5-3-12-8-2-7(11)6(10)1-4(5)8/h1-3H. The fourth-order valence-electron chi connectivity index (χ4n) is 0.991. The van der Waals surface area contributed by atoms with Gasteiger partial charge >= 0.3 is 0 Å². The van der Waals surface area contributed by atoms with E-state index in [1.165, 1.54) is 0 Å². The van der Waals surface area contributed by atoms with Crippen LogP contribution in [0.15, 0.2) is 27.3 Å². The van der Waals surface area contributed by atoms with Gasteiger partial charge in [-0.3, -0.25) is 0 Å². The van der Waals surface area contributed by atoms with Crippen LogP contribution >= 0.6 is 39.1 Å². The minimum Gasteiger partial charge on any atom is -0.463 e. The van der Waals surface area contributed by atoms with Gasteiger partial charge in [-0.2, -0.15) is 0 Å². The molecule has 0 amide bonds. The van der Waals surface area contributed by atoms with E-state index in [2.05, 4.69) is 15.9 Å². The highest BCUT2D eigenvalue weighted by Gasteiger charge is 2.06. The van der Waals surface area contributed by atoms with Gasteiger partial charge in [0.2, 0.25) is 0 Å². The largest absolute Gasteiger partial charge is 0.463 e. The van der Waals surface area contributed by atoms with E-state index in [0.29, 0.717) is 10.0 Å². The molecule has 0 aliphatic carbocycles. The molecule has 4 heteroatoms. The van der Waals surface area contributed by atoms with Crippen molar-refractivity contribution in [3.05, 3.63) is 32.9 Å². The topological polar surface area (TPSA) is 13.1 Å². The summed E-state index contributed by atoms with van der Waals surface area (Å²) in [4.78, 5) is 0. The van der Waals surface area contributed by atoms with Gasteiger partial charge in [-0.15, -0.1) is 0 Å². The lowest BCUT2D eigenvalue weighted by atomic mass is 10.3. The molecule has 12 heavy (non-hydrogen) atoms. The molecular weight excluding hydrogens is 263 g/mol. The first kappa shape index (κ1) is 8.42. The molecule has 2 rings (SSSR count). The monoisotopic (exact) mass is 264 g/mol. The number of halogens is 3. The molecule has 2 aromatic rings. The Morgan fingerprint density at radius 1 is 1.17 bits per heavy atom. The van der Waals surface area contributed by atoms with E-state index in [0.717, 1.165) is 15.4 Å². The Morgan fingerprint density at radius 2 is 1.83 bits per heavy atom. The summed E-state index contributed by atoms with van der Waals surface area (Å²) in [5, 5.41) is 1.97. The van der Waals surface area contributed by atoms with Crippen LogP contribution in [-0.4, -0.2) is 0 Å². The quantitative estimate of drug-likeness (QED) is 0.684. The van der Waals surface area contributed by atoms with E-state index in [4.69, 9.17) is 27.6 Å². The Labute approximate surface area is 87.4 Å². The highest BCUT2D eigenvalue weighted by molar-refractivity contribution is 9.10. The molecule has 0 unspecified atom stereocenters. The molecular formula is C8H3BrCl2O. The van der Waals surface area contributed by atoms with Crippen LogP contribution in [-0.2, 0) is 0 Å². The van der Waals surface area contributed by atoms with E-state index in [1.807, 2.05) is 0 Å². The van der Waals surface area contributed by atoms with E-state index in [9.17, 15) is 0 Å². The molecule has 62 valence electrons. The summed E-state index contributed by atoms with van der Waals surface area (Å²) in [5.41, 5.74) is 0.733. The van der Waals surface area contributed by atoms with Crippen LogP contribution < -0.4 is 0 Å². The maximum Gasteiger partial charge on any atom is 0.136 e. The van der Waals surface area contributed by atoms with Crippen molar-refractivity contribution in [2.24, 2.45) is 0 Å². The Kier molecular flexibility index (Phi) is 2.07. The lowest BCUT2D eigenvalue weighted by Crippen LogP contribution is -1.69. The smallest absolute Gasteiger partial charge is 0.136 e. The van der Waals surface area contributed by atoms with Gasteiger partial charge < -0.3 is 4.42 Å². The van der Waals surface area contributed by atoms with Crippen molar-refractivity contribution in [2.45, 2.75) is 0 Å². The van der Waals surface area contributed by atoms with Gasteiger partial charge in [0, 0.05) is 11.5 Å². The van der Waals surface area contributed by atoms with Crippen molar-refractivity contribution >= 4 is 50.1 Å². The molecule has 0 aliphatic rings. The van der Waals surface area contributed by atoms with E-state index in [1.54, 1.807) is 18.4 Å². The number of benzene rings is 1. The van der Waals surface area contributed by atoms with Crippen LogP contribution in [0.1, 0.15) is 0 Å². The van der Waals surface area contributed by atoms with Crippen LogP contribution in [0.2, 0.25) is 10.0 Å². The van der Waals surface area contributed by atoms with Crippen molar-refractivity contribution in [2.75, 3.05) is 0 Å². The molecule has 0 spiro atoms. The lowest BCUT2D eigenvalue weighted by Gasteiger charge is -1.94. The molecule has 1 nitrogen and oxygen atoms in total. The van der Waals surface area contributed by atoms with Crippen LogP contribution in [0.3, 0.4) is 0 Å². The van der Waals surface area contributed by atoms with Crippen LogP contribution in [0.25, 0.3) is 11.0 Å². The average molecular weight is 266 g/mol. The third-order valence-corrected chi connectivity index (χ3v) is 2.91. The van der Waals surface area contributed by atoms with E-state index in [-0.39, 0.29) is 0 Å². The molecule has 0 saturated heterocycles. The Balaban J connectivity index is 2.87. The number of hydrogen-bond acceptors (Lipinski definition) is 1. The summed E-state index contributed by atoms with van der Waals surface area (Å²) in [6.45, 7) is 0. The average Bonchev–Trinajstić information content (AvgIpc) is 2.35. The maximum absolute atomic E-state index is 5.82. The van der Waals surface area contributed by atoms with Gasteiger partial charge in [0.25, 0.3) is 0 Å². The van der Waals surface area contributed by atoms with Crippen LogP contribution in [0.5, 0.6) is 0 Å². The zero-order valence-electron chi connectivity index (χ0n) is 5.77. The third kappa shape index (κ3) is 1.24. The molecule has 0 aliphatic heterocycles. The predicted octanol–water partition coefficient (Wildman–Crippen LogP) is 4.50. The summed E-state index contributed by atoms with van der Waals surface area (Å²) in [6.07, 6.45) is 1.61. The molecule has 0 bridgehead atoms. The third-order valence-electron chi connectivity index (χ3n) is 1.57. The highest BCUT2D eigenvalue weighted by atomic mass is 79.9. The zero-order valence-corrected chi connectivity index (χ0v) is 8.87. The Bertz CT molecular complexity index is 436. The first-order valence-corrected chi connectivity index (χ1v) is 4.75. The van der Waals surface area contributed by atoms with Gasteiger partial charge in [-0.05, 0) is 22.0 Å². The molecule has 0 saturated carbocycles. The highest BCUT2D eigenvalue weighted by Crippen LogP contribution is 2.32. The second kappa shape index (κ2) is 2.95. The van der Waals surface area contributed by atoms with Crippen molar-refractivity contribution in [3.8, 4) is 0 Å². The van der Waals surface area contributed by atoms with Gasteiger partial charge in [-0.1, -0.05) is 23.2 Å². The normalized spacial score (nSPS) is 10.9. The van der Waals surface area contributed by atoms with Crippen LogP contribution in [0, 0.1) is 0 Å². The summed E-state index contributed by atoms with van der Waals surface area (Å²) in [7, 11) is 0. The minimum absolute atomic E-state index is 0.506. The zero-order chi connectivity index (χ0) is 8.72. The van der Waals surface area contributed by atoms with Gasteiger partial charge in [0.1, 0.15) is 11.8 Å². The predicted molar refractivity (Wildman–Crippen MR) is 53.9 cm³/mol. The number of rotatable bonds is 0. The van der Waals surface area contributed by atoms with E-state index >= 15 is 0 Å².